The second-order valence-electron chi connectivity index (χ2n) is 9.15. The van der Waals surface area contributed by atoms with E-state index in [4.69, 9.17) is 28.6 Å². The Labute approximate surface area is 259 Å². The molecular formula is C30H24N8O8. The van der Waals surface area contributed by atoms with E-state index in [0.717, 1.165) is 21.6 Å². The zero-order valence-electron chi connectivity index (χ0n) is 24.8. The molecule has 0 fully saturated rings. The highest BCUT2D eigenvalue weighted by atomic mass is 16.7. The molecule has 0 saturated carbocycles. The van der Waals surface area contributed by atoms with Crippen LogP contribution in [0.4, 0.5) is 0 Å². The molecular weight excluding hydrogens is 600 g/mol. The molecule has 0 atom stereocenters. The maximum atomic E-state index is 13.0. The maximum absolute atomic E-state index is 13.0. The van der Waals surface area contributed by atoms with Crippen molar-refractivity contribution < 1.29 is 38.2 Å². The Kier molecular flexibility index (Phi) is 8.06. The number of ether oxygens (including phenoxy) is 4. The van der Waals surface area contributed by atoms with Gasteiger partial charge >= 0.3 is 11.9 Å². The first-order chi connectivity index (χ1) is 22.4. The van der Waals surface area contributed by atoms with E-state index in [9.17, 15) is 9.59 Å². The highest BCUT2D eigenvalue weighted by Gasteiger charge is 2.23. The molecule has 4 aromatic heterocycles. The van der Waals surface area contributed by atoms with Gasteiger partial charge in [0.2, 0.25) is 22.6 Å². The summed E-state index contributed by atoms with van der Waals surface area (Å²) in [5, 5.41) is 0. The average molecular weight is 625 g/mol. The lowest BCUT2D eigenvalue weighted by Crippen LogP contribution is -2.22. The number of hydrogen-bond donors (Lipinski definition) is 0. The van der Waals surface area contributed by atoms with Gasteiger partial charge in [-0.15, -0.1) is 9.46 Å². The number of fused-ring (bicyclic) bond motifs is 2. The van der Waals surface area contributed by atoms with Crippen LogP contribution in [0, 0.1) is 0 Å². The number of methoxy groups -OCH3 is 4. The summed E-state index contributed by atoms with van der Waals surface area (Å²) in [5.74, 6) is 0.340. The quantitative estimate of drug-likeness (QED) is 0.203. The van der Waals surface area contributed by atoms with E-state index in [0.29, 0.717) is 34.1 Å². The summed E-state index contributed by atoms with van der Waals surface area (Å²) >= 11 is 0. The standard InChI is InChI=1S/C30H24N8O8/c1-41-17-5-7-19(21(15-17)43-3)27-35-25-29(33-13-11-31-25)37(27)45-23(39)9-10-24(40)46-38-28(36-26-30(38)34-14-12-32-26)20-8-6-18(42-2)16-22(20)44-4/h5-16H,1-4H3/b10-9+. The smallest absolute Gasteiger partial charge is 0.356 e. The number of imidazole rings is 2. The fourth-order valence-electron chi connectivity index (χ4n) is 4.44. The molecule has 0 N–H and O–H groups in total. The van der Waals surface area contributed by atoms with Gasteiger partial charge in [-0.2, -0.15) is 0 Å². The van der Waals surface area contributed by atoms with Gasteiger partial charge < -0.3 is 28.6 Å². The number of carbonyl (C=O) groups excluding carboxylic acids is 2. The summed E-state index contributed by atoms with van der Waals surface area (Å²) < 4.78 is 23.7. The number of nitrogens with zero attached hydrogens (tertiary/aromatic N) is 8. The van der Waals surface area contributed by atoms with Gasteiger partial charge in [0, 0.05) is 49.1 Å². The number of hydrogen-bond acceptors (Lipinski definition) is 14. The van der Waals surface area contributed by atoms with Crippen LogP contribution in [0.2, 0.25) is 0 Å². The number of carbonyl (C=O) groups is 2. The second-order valence-corrected chi connectivity index (χ2v) is 9.15. The molecule has 6 aromatic rings. The molecule has 16 nitrogen and oxygen atoms in total. The normalized spacial score (nSPS) is 11.1. The van der Waals surface area contributed by atoms with Crippen LogP contribution in [0.3, 0.4) is 0 Å². The molecule has 0 aliphatic rings. The van der Waals surface area contributed by atoms with Crippen LogP contribution in [0.1, 0.15) is 0 Å². The lowest BCUT2D eigenvalue weighted by Gasteiger charge is -2.12. The molecule has 0 saturated heterocycles. The summed E-state index contributed by atoms with van der Waals surface area (Å²) in [7, 11) is 6.01. The first-order valence-corrected chi connectivity index (χ1v) is 13.4. The molecule has 2 aromatic carbocycles. The van der Waals surface area contributed by atoms with Crippen molar-refractivity contribution in [2.45, 2.75) is 0 Å². The molecule has 46 heavy (non-hydrogen) atoms. The van der Waals surface area contributed by atoms with Gasteiger partial charge in [0.05, 0.1) is 39.6 Å². The molecule has 16 heteroatoms. The Morgan fingerprint density at radius 1 is 0.587 bits per heavy atom. The van der Waals surface area contributed by atoms with Crippen molar-refractivity contribution in [3.8, 4) is 45.8 Å². The molecule has 6 rings (SSSR count). The van der Waals surface area contributed by atoms with Gasteiger partial charge in [-0.1, -0.05) is 0 Å². The molecule has 0 aliphatic carbocycles. The third-order valence-corrected chi connectivity index (χ3v) is 6.53. The predicted octanol–water partition coefficient (Wildman–Crippen LogP) is 2.50. The summed E-state index contributed by atoms with van der Waals surface area (Å²) in [4.78, 5) is 63.0. The highest BCUT2D eigenvalue weighted by molar-refractivity contribution is 5.93. The van der Waals surface area contributed by atoms with Crippen molar-refractivity contribution in [2.24, 2.45) is 0 Å². The largest absolute Gasteiger partial charge is 0.497 e. The monoisotopic (exact) mass is 624 g/mol. The van der Waals surface area contributed by atoms with Gasteiger partial charge in [-0.05, 0) is 24.3 Å². The van der Waals surface area contributed by atoms with Crippen LogP contribution in [-0.2, 0) is 9.59 Å². The predicted molar refractivity (Wildman–Crippen MR) is 160 cm³/mol. The van der Waals surface area contributed by atoms with Crippen molar-refractivity contribution in [3.05, 3.63) is 73.3 Å². The van der Waals surface area contributed by atoms with Crippen molar-refractivity contribution in [2.75, 3.05) is 28.4 Å². The van der Waals surface area contributed by atoms with E-state index in [2.05, 4.69) is 29.9 Å². The minimum atomic E-state index is -0.942. The zero-order valence-corrected chi connectivity index (χ0v) is 24.8. The minimum Gasteiger partial charge on any atom is -0.497 e. The first kappa shape index (κ1) is 29.5. The van der Waals surface area contributed by atoms with Crippen LogP contribution in [-0.4, -0.2) is 79.7 Å². The molecule has 0 bridgehead atoms. The average Bonchev–Trinajstić information content (AvgIpc) is 3.64. The van der Waals surface area contributed by atoms with Crippen molar-refractivity contribution >= 4 is 34.5 Å². The fraction of sp³-hybridized carbons (Fsp3) is 0.133. The van der Waals surface area contributed by atoms with Gasteiger partial charge in [-0.3, -0.25) is 0 Å². The lowest BCUT2D eigenvalue weighted by atomic mass is 10.2. The highest BCUT2D eigenvalue weighted by Crippen LogP contribution is 2.35. The molecule has 232 valence electrons. The number of benzene rings is 2. The van der Waals surface area contributed by atoms with Crippen molar-refractivity contribution in [1.29, 1.82) is 0 Å². The third-order valence-electron chi connectivity index (χ3n) is 6.53. The van der Waals surface area contributed by atoms with Crippen molar-refractivity contribution in [3.63, 3.8) is 0 Å². The van der Waals surface area contributed by atoms with Gasteiger partial charge in [0.15, 0.2) is 11.6 Å². The van der Waals surface area contributed by atoms with Crippen molar-refractivity contribution in [1.82, 2.24) is 39.4 Å². The van der Waals surface area contributed by atoms with E-state index < -0.39 is 11.9 Å². The van der Waals surface area contributed by atoms with E-state index in [1.807, 2.05) is 0 Å². The number of aromatic nitrogens is 8. The Morgan fingerprint density at radius 3 is 1.39 bits per heavy atom. The Morgan fingerprint density at radius 2 is 1.00 bits per heavy atom. The SMILES string of the molecule is COc1ccc(-c2nc3nccnc3n2OC(=O)/C=C/C(=O)On2c(-c3ccc(OC)cc3OC)nc3nccnc32)c(OC)c1. The summed E-state index contributed by atoms with van der Waals surface area (Å²) in [6.07, 6.45) is 7.52. The van der Waals surface area contributed by atoms with Crippen LogP contribution >= 0.6 is 0 Å². The van der Waals surface area contributed by atoms with Crippen LogP contribution in [0.25, 0.3) is 45.4 Å². The van der Waals surface area contributed by atoms with Gasteiger partial charge in [-0.25, -0.2) is 39.5 Å². The minimum absolute atomic E-state index is 0.154. The Hall–Kier alpha value is -6.58. The van der Waals surface area contributed by atoms with E-state index in [1.54, 1.807) is 36.4 Å². The van der Waals surface area contributed by atoms with E-state index >= 15 is 0 Å². The fourth-order valence-corrected chi connectivity index (χ4v) is 4.44. The van der Waals surface area contributed by atoms with Crippen LogP contribution < -0.4 is 28.6 Å². The third kappa shape index (κ3) is 5.57. The maximum Gasteiger partial charge on any atom is 0.356 e. The Bertz CT molecular complexity index is 1970. The topological polar surface area (TPSA) is 177 Å². The summed E-state index contributed by atoms with van der Waals surface area (Å²) in [6.45, 7) is 0. The second kappa shape index (κ2) is 12.6. The van der Waals surface area contributed by atoms with E-state index in [-0.39, 0.29) is 34.2 Å². The van der Waals surface area contributed by atoms with Crippen LogP contribution in [0.5, 0.6) is 23.0 Å². The zero-order chi connectivity index (χ0) is 32.2. The molecule has 0 unspecified atom stereocenters. The molecule has 4 heterocycles. The summed E-state index contributed by atoms with van der Waals surface area (Å²) in [5.41, 5.74) is 1.66. The molecule has 0 spiro atoms. The lowest BCUT2D eigenvalue weighted by molar-refractivity contribution is -0.140. The van der Waals surface area contributed by atoms with E-state index in [1.165, 1.54) is 53.2 Å². The molecule has 0 aliphatic heterocycles. The molecule has 0 amide bonds. The van der Waals surface area contributed by atoms with Crippen LogP contribution in [0.15, 0.2) is 73.3 Å². The van der Waals surface area contributed by atoms with Gasteiger partial charge in [0.1, 0.15) is 23.0 Å². The van der Waals surface area contributed by atoms with Gasteiger partial charge in [0.25, 0.3) is 0 Å². The Balaban J connectivity index is 1.29. The summed E-state index contributed by atoms with van der Waals surface area (Å²) in [6, 6.07) is 10.1. The number of rotatable bonds is 10. The first-order valence-electron chi connectivity index (χ1n) is 13.4. The molecule has 0 radical (unpaired) electrons.